The van der Waals surface area contributed by atoms with Gasteiger partial charge in [0, 0.05) is 24.1 Å². The van der Waals surface area contributed by atoms with Crippen molar-refractivity contribution in [2.45, 2.75) is 39.3 Å². The standard InChI is InChI=1S/C15H19BrFN3O/c1-4-21-13-7-12(15(13,2)3)20-11-5-8(16)9(17)6-10(11)19-14(20)18/h5-6,12-13H,4,7H2,1-3H3,(H2,18,19). The van der Waals surface area contributed by atoms with Crippen LogP contribution in [-0.2, 0) is 4.74 Å². The summed E-state index contributed by atoms with van der Waals surface area (Å²) >= 11 is 3.23. The number of hydrogen-bond acceptors (Lipinski definition) is 3. The van der Waals surface area contributed by atoms with Crippen LogP contribution in [0.2, 0.25) is 0 Å². The predicted molar refractivity (Wildman–Crippen MR) is 84.7 cm³/mol. The van der Waals surface area contributed by atoms with Gasteiger partial charge in [-0.25, -0.2) is 9.37 Å². The second-order valence-corrected chi connectivity index (χ2v) is 6.97. The Kier molecular flexibility index (Phi) is 3.48. The maximum atomic E-state index is 13.6. The molecular weight excluding hydrogens is 337 g/mol. The van der Waals surface area contributed by atoms with Crippen LogP contribution in [0.15, 0.2) is 16.6 Å². The topological polar surface area (TPSA) is 53.1 Å². The molecule has 2 N–H and O–H groups in total. The third-order valence-corrected chi connectivity index (χ3v) is 5.17. The van der Waals surface area contributed by atoms with Gasteiger partial charge < -0.3 is 15.0 Å². The highest BCUT2D eigenvalue weighted by Gasteiger charge is 2.50. The highest BCUT2D eigenvalue weighted by atomic mass is 79.9. The molecule has 1 heterocycles. The normalized spacial score (nSPS) is 24.2. The van der Waals surface area contributed by atoms with Crippen LogP contribution in [-0.4, -0.2) is 22.3 Å². The smallest absolute Gasteiger partial charge is 0.201 e. The van der Waals surface area contributed by atoms with Crippen molar-refractivity contribution in [1.82, 2.24) is 9.55 Å². The molecule has 1 aliphatic carbocycles. The van der Waals surface area contributed by atoms with Crippen LogP contribution in [0.25, 0.3) is 11.0 Å². The molecule has 21 heavy (non-hydrogen) atoms. The summed E-state index contributed by atoms with van der Waals surface area (Å²) in [6.45, 7) is 7.05. The first-order valence-corrected chi connectivity index (χ1v) is 7.89. The van der Waals surface area contributed by atoms with E-state index in [9.17, 15) is 4.39 Å². The molecule has 1 fully saturated rings. The summed E-state index contributed by atoms with van der Waals surface area (Å²) in [5.41, 5.74) is 7.49. The Bertz CT molecular complexity index is 698. The summed E-state index contributed by atoms with van der Waals surface area (Å²) in [4.78, 5) is 4.29. The van der Waals surface area contributed by atoms with E-state index in [0.29, 0.717) is 22.5 Å². The van der Waals surface area contributed by atoms with Crippen molar-refractivity contribution < 1.29 is 9.13 Å². The Morgan fingerprint density at radius 1 is 1.52 bits per heavy atom. The minimum absolute atomic E-state index is 0.0291. The third kappa shape index (κ3) is 2.16. The van der Waals surface area contributed by atoms with Gasteiger partial charge in [-0.2, -0.15) is 0 Å². The number of anilines is 1. The number of nitrogen functional groups attached to an aromatic ring is 1. The zero-order chi connectivity index (χ0) is 15.4. The molecule has 0 spiro atoms. The quantitative estimate of drug-likeness (QED) is 0.908. The van der Waals surface area contributed by atoms with Gasteiger partial charge in [-0.3, -0.25) is 0 Å². The summed E-state index contributed by atoms with van der Waals surface area (Å²) < 4.78 is 21.9. The molecule has 2 unspecified atom stereocenters. The SMILES string of the molecule is CCOC1CC(n2c(N)nc3cc(F)c(Br)cc32)C1(C)C. The van der Waals surface area contributed by atoms with Gasteiger partial charge in [0.25, 0.3) is 0 Å². The fourth-order valence-electron chi connectivity index (χ4n) is 3.22. The van der Waals surface area contributed by atoms with Crippen molar-refractivity contribution in [2.75, 3.05) is 12.3 Å². The van der Waals surface area contributed by atoms with Gasteiger partial charge in [-0.05, 0) is 35.3 Å². The molecule has 0 radical (unpaired) electrons. The van der Waals surface area contributed by atoms with E-state index in [-0.39, 0.29) is 23.4 Å². The maximum absolute atomic E-state index is 13.6. The fraction of sp³-hybridized carbons (Fsp3) is 0.533. The minimum atomic E-state index is -0.327. The predicted octanol–water partition coefficient (Wildman–Crippen LogP) is 3.90. The van der Waals surface area contributed by atoms with E-state index in [1.165, 1.54) is 6.07 Å². The van der Waals surface area contributed by atoms with Crippen molar-refractivity contribution in [1.29, 1.82) is 0 Å². The van der Waals surface area contributed by atoms with Gasteiger partial charge in [-0.1, -0.05) is 13.8 Å². The van der Waals surface area contributed by atoms with Gasteiger partial charge in [-0.15, -0.1) is 0 Å². The van der Waals surface area contributed by atoms with Crippen LogP contribution < -0.4 is 5.73 Å². The minimum Gasteiger partial charge on any atom is -0.378 e. The van der Waals surface area contributed by atoms with E-state index in [2.05, 4.69) is 34.8 Å². The molecule has 0 saturated heterocycles. The average molecular weight is 356 g/mol. The molecule has 4 nitrogen and oxygen atoms in total. The van der Waals surface area contributed by atoms with Crippen LogP contribution in [0.3, 0.4) is 0 Å². The van der Waals surface area contributed by atoms with Crippen LogP contribution in [0.5, 0.6) is 0 Å². The van der Waals surface area contributed by atoms with Crippen LogP contribution in [0.1, 0.15) is 33.2 Å². The third-order valence-electron chi connectivity index (χ3n) is 4.56. The van der Waals surface area contributed by atoms with E-state index in [1.54, 1.807) is 6.07 Å². The Balaban J connectivity index is 2.06. The number of hydrogen-bond donors (Lipinski definition) is 1. The average Bonchev–Trinajstić information content (AvgIpc) is 2.70. The first kappa shape index (κ1) is 14.8. The molecule has 2 aromatic rings. The molecule has 2 atom stereocenters. The number of nitrogens with two attached hydrogens (primary N) is 1. The Morgan fingerprint density at radius 3 is 2.86 bits per heavy atom. The molecule has 114 valence electrons. The molecule has 6 heteroatoms. The summed E-state index contributed by atoms with van der Waals surface area (Å²) in [5.74, 6) is 0.0998. The molecule has 3 rings (SSSR count). The monoisotopic (exact) mass is 355 g/mol. The Hall–Kier alpha value is -1.14. The lowest BCUT2D eigenvalue weighted by atomic mass is 9.64. The van der Waals surface area contributed by atoms with Crippen molar-refractivity contribution in [3.8, 4) is 0 Å². The molecule has 1 saturated carbocycles. The molecule has 1 aromatic carbocycles. The van der Waals surface area contributed by atoms with Crippen molar-refractivity contribution >= 4 is 32.9 Å². The number of halogens is 2. The number of fused-ring (bicyclic) bond motifs is 1. The lowest BCUT2D eigenvalue weighted by Gasteiger charge is -2.52. The fourth-order valence-corrected chi connectivity index (χ4v) is 3.55. The Morgan fingerprint density at radius 2 is 2.24 bits per heavy atom. The lowest BCUT2D eigenvalue weighted by molar-refractivity contribution is -0.126. The first-order valence-electron chi connectivity index (χ1n) is 7.10. The van der Waals surface area contributed by atoms with Gasteiger partial charge in [0.05, 0.1) is 21.6 Å². The summed E-state index contributed by atoms with van der Waals surface area (Å²) in [6.07, 6.45) is 1.11. The molecule has 0 aliphatic heterocycles. The molecule has 0 bridgehead atoms. The number of ether oxygens (including phenoxy) is 1. The van der Waals surface area contributed by atoms with Gasteiger partial charge in [0.1, 0.15) is 5.82 Å². The zero-order valence-electron chi connectivity index (χ0n) is 12.4. The van der Waals surface area contributed by atoms with E-state index in [0.717, 1.165) is 11.9 Å². The second kappa shape index (κ2) is 4.95. The molecular formula is C15H19BrFN3O. The van der Waals surface area contributed by atoms with Crippen LogP contribution >= 0.6 is 15.9 Å². The largest absolute Gasteiger partial charge is 0.378 e. The number of benzene rings is 1. The van der Waals surface area contributed by atoms with Gasteiger partial charge in [0.15, 0.2) is 0 Å². The molecule has 0 amide bonds. The van der Waals surface area contributed by atoms with Gasteiger partial charge >= 0.3 is 0 Å². The number of imidazole rings is 1. The summed E-state index contributed by atoms with van der Waals surface area (Å²) in [5, 5.41) is 0. The summed E-state index contributed by atoms with van der Waals surface area (Å²) in [7, 11) is 0. The van der Waals surface area contributed by atoms with Crippen molar-refractivity contribution in [3.05, 3.63) is 22.4 Å². The molecule has 1 aliphatic rings. The van der Waals surface area contributed by atoms with E-state index in [1.807, 2.05) is 11.5 Å². The molecule has 1 aromatic heterocycles. The van der Waals surface area contributed by atoms with Crippen LogP contribution in [0, 0.1) is 11.2 Å². The number of aromatic nitrogens is 2. The van der Waals surface area contributed by atoms with Crippen LogP contribution in [0.4, 0.5) is 10.3 Å². The highest BCUT2D eigenvalue weighted by Crippen LogP contribution is 2.53. The second-order valence-electron chi connectivity index (χ2n) is 6.11. The summed E-state index contributed by atoms with van der Waals surface area (Å²) in [6, 6.07) is 3.37. The van der Waals surface area contributed by atoms with Crippen molar-refractivity contribution in [2.24, 2.45) is 5.41 Å². The number of nitrogens with zero attached hydrogens (tertiary/aromatic N) is 2. The van der Waals surface area contributed by atoms with E-state index >= 15 is 0 Å². The van der Waals surface area contributed by atoms with Gasteiger partial charge in [0.2, 0.25) is 5.95 Å². The first-order chi connectivity index (χ1) is 9.86. The number of rotatable bonds is 3. The Labute approximate surface area is 131 Å². The zero-order valence-corrected chi connectivity index (χ0v) is 13.9. The van der Waals surface area contributed by atoms with E-state index in [4.69, 9.17) is 10.5 Å². The van der Waals surface area contributed by atoms with E-state index < -0.39 is 0 Å². The lowest BCUT2D eigenvalue weighted by Crippen LogP contribution is -2.51. The maximum Gasteiger partial charge on any atom is 0.201 e. The highest BCUT2D eigenvalue weighted by molar-refractivity contribution is 9.10. The van der Waals surface area contributed by atoms with Crippen molar-refractivity contribution in [3.63, 3.8) is 0 Å².